The van der Waals surface area contributed by atoms with Crippen LogP contribution in [-0.2, 0) is 9.53 Å². The van der Waals surface area contributed by atoms with E-state index < -0.39 is 16.8 Å². The Morgan fingerprint density at radius 3 is 2.48 bits per heavy atom. The Balaban J connectivity index is 2.06. The van der Waals surface area contributed by atoms with Gasteiger partial charge >= 0.3 is 5.43 Å². The summed E-state index contributed by atoms with van der Waals surface area (Å²) in [7, 11) is 5.48. The van der Waals surface area contributed by atoms with Crippen molar-refractivity contribution < 1.29 is 19.1 Å². The number of para-hydroxylation sites is 1. The molecular weight excluding hydrogens is 412 g/mol. The second-order valence-corrected chi connectivity index (χ2v) is 8.34. The van der Waals surface area contributed by atoms with Crippen LogP contribution in [0.5, 0.6) is 5.75 Å². The summed E-state index contributed by atoms with van der Waals surface area (Å²) in [5.41, 5.74) is 0.647. The van der Waals surface area contributed by atoms with Gasteiger partial charge in [-0.3, -0.25) is 4.79 Å². The number of fused-ring (bicyclic) bond motifs is 1. The quantitative estimate of drug-likeness (QED) is 0.635. The first-order chi connectivity index (χ1) is 13.9. The number of benzene rings is 2. The van der Waals surface area contributed by atoms with Crippen molar-refractivity contribution in [3.8, 4) is 5.75 Å². The molecule has 1 aliphatic heterocycles. The number of carbonyl (C=O) groups excluding carboxylic acids is 2. The third-order valence-corrected chi connectivity index (χ3v) is 6.09. The number of ether oxygens (including phenoxy) is 2. The first kappa shape index (κ1) is 21.5. The first-order valence-corrected chi connectivity index (χ1v) is 10.4. The van der Waals surface area contributed by atoms with Gasteiger partial charge in [-0.15, -0.1) is 11.8 Å². The average Bonchev–Trinajstić information content (AvgIpc) is 2.81. The number of anilines is 1. The maximum Gasteiger partial charge on any atom is 0.404 e. The molecular formula is C21H23ClN2O4S. The molecule has 0 aromatic heterocycles. The summed E-state index contributed by atoms with van der Waals surface area (Å²) >= 11 is 7.03. The van der Waals surface area contributed by atoms with Gasteiger partial charge in [-0.25, -0.2) is 4.79 Å². The van der Waals surface area contributed by atoms with Gasteiger partial charge in [0, 0.05) is 29.6 Å². The van der Waals surface area contributed by atoms with Crippen molar-refractivity contribution in [3.05, 3.63) is 54.1 Å². The molecule has 8 heteroatoms. The van der Waals surface area contributed by atoms with Crippen LogP contribution in [0.1, 0.15) is 10.8 Å². The van der Waals surface area contributed by atoms with E-state index in [4.69, 9.17) is 21.1 Å². The molecule has 2 aromatic carbocycles. The third kappa shape index (κ3) is 5.04. The fourth-order valence-corrected chi connectivity index (χ4v) is 4.57. The van der Waals surface area contributed by atoms with Gasteiger partial charge < -0.3 is 19.3 Å². The molecule has 3 rings (SSSR count). The van der Waals surface area contributed by atoms with E-state index in [1.807, 2.05) is 67.5 Å². The second-order valence-electron chi connectivity index (χ2n) is 6.85. The fourth-order valence-electron chi connectivity index (χ4n) is 3.16. The molecule has 0 spiro atoms. The van der Waals surface area contributed by atoms with E-state index in [1.165, 1.54) is 11.8 Å². The number of carbonyl (C=O) groups is 2. The van der Waals surface area contributed by atoms with Gasteiger partial charge in [0.1, 0.15) is 5.75 Å². The van der Waals surface area contributed by atoms with Crippen LogP contribution in [0.4, 0.5) is 10.5 Å². The van der Waals surface area contributed by atoms with Gasteiger partial charge in [-0.1, -0.05) is 24.3 Å². The van der Waals surface area contributed by atoms with E-state index in [0.29, 0.717) is 18.8 Å². The van der Waals surface area contributed by atoms with Gasteiger partial charge in [0.25, 0.3) is 5.91 Å². The molecule has 1 heterocycles. The summed E-state index contributed by atoms with van der Waals surface area (Å²) < 4.78 is 10.6. The number of methoxy groups -OCH3 is 1. The molecule has 0 radical (unpaired) electrons. The zero-order valence-electron chi connectivity index (χ0n) is 16.5. The largest absolute Gasteiger partial charge is 0.497 e. The predicted octanol–water partition coefficient (Wildman–Crippen LogP) is 4.18. The van der Waals surface area contributed by atoms with E-state index in [0.717, 1.165) is 16.1 Å². The molecule has 1 aliphatic rings. The van der Waals surface area contributed by atoms with Crippen molar-refractivity contribution >= 4 is 40.4 Å². The number of likely N-dealkylation sites (N-methyl/N-ethyl adjacent to an activating group) is 1. The van der Waals surface area contributed by atoms with Crippen molar-refractivity contribution in [2.24, 2.45) is 0 Å². The Morgan fingerprint density at radius 2 is 1.86 bits per heavy atom. The Hall–Kier alpha value is -2.22. The highest BCUT2D eigenvalue weighted by molar-refractivity contribution is 7.99. The second kappa shape index (κ2) is 9.52. The van der Waals surface area contributed by atoms with E-state index >= 15 is 0 Å². The van der Waals surface area contributed by atoms with Crippen molar-refractivity contribution in [2.75, 3.05) is 39.2 Å². The van der Waals surface area contributed by atoms with E-state index in [1.54, 1.807) is 12.0 Å². The highest BCUT2D eigenvalue weighted by Crippen LogP contribution is 2.46. The van der Waals surface area contributed by atoms with Gasteiger partial charge in [-0.2, -0.15) is 0 Å². The lowest BCUT2D eigenvalue weighted by molar-refractivity contribution is -0.126. The minimum Gasteiger partial charge on any atom is -0.497 e. The Bertz CT molecular complexity index is 875. The average molecular weight is 435 g/mol. The van der Waals surface area contributed by atoms with E-state index in [9.17, 15) is 9.59 Å². The van der Waals surface area contributed by atoms with Crippen LogP contribution in [0.15, 0.2) is 53.4 Å². The zero-order chi connectivity index (χ0) is 21.0. The summed E-state index contributed by atoms with van der Waals surface area (Å²) in [5, 5.41) is -0.443. The number of halogens is 1. The van der Waals surface area contributed by atoms with Crippen LogP contribution >= 0.6 is 23.4 Å². The summed E-state index contributed by atoms with van der Waals surface area (Å²) in [6.45, 7) is 1.13. The van der Waals surface area contributed by atoms with Crippen LogP contribution in [0, 0.1) is 0 Å². The Morgan fingerprint density at radius 1 is 1.17 bits per heavy atom. The molecule has 0 saturated carbocycles. The normalized spacial score (nSPS) is 18.9. The Labute approximate surface area is 179 Å². The molecule has 0 fully saturated rings. The van der Waals surface area contributed by atoms with Crippen LogP contribution < -0.4 is 9.64 Å². The number of hydrogen-bond donors (Lipinski definition) is 0. The molecule has 0 N–H and O–H groups in total. The topological polar surface area (TPSA) is 59.1 Å². The van der Waals surface area contributed by atoms with Crippen molar-refractivity contribution in [3.63, 3.8) is 0 Å². The number of hydrogen-bond acceptors (Lipinski definition) is 6. The molecule has 0 unspecified atom stereocenters. The molecule has 0 aliphatic carbocycles. The van der Waals surface area contributed by atoms with Crippen molar-refractivity contribution in [1.82, 2.24) is 4.90 Å². The molecule has 1 amide bonds. The van der Waals surface area contributed by atoms with Crippen molar-refractivity contribution in [2.45, 2.75) is 16.2 Å². The zero-order valence-corrected chi connectivity index (χ0v) is 18.1. The minimum atomic E-state index is -1.05. The Kier molecular flexibility index (Phi) is 7.05. The summed E-state index contributed by atoms with van der Waals surface area (Å²) in [4.78, 5) is 29.7. The minimum absolute atomic E-state index is 0.292. The van der Waals surface area contributed by atoms with E-state index in [-0.39, 0.29) is 5.91 Å². The lowest BCUT2D eigenvalue weighted by atomic mass is 10.1. The summed E-state index contributed by atoms with van der Waals surface area (Å²) in [5.74, 6) is 0.414. The van der Waals surface area contributed by atoms with E-state index in [2.05, 4.69) is 0 Å². The van der Waals surface area contributed by atoms with Gasteiger partial charge in [-0.05, 0) is 43.9 Å². The standard InChI is InChI=1S/C21H23ClN2O4S/c1-23(2)12-13-24-16-6-4-5-7-17(16)29-19(18(20(24)25)28-21(22)26)14-8-10-15(27-3)11-9-14/h4-11,18-19H,12-13H2,1-3H3/t18-,19+/m0/s1. The maximum atomic E-state index is 13.5. The van der Waals surface area contributed by atoms with Crippen LogP contribution in [0.25, 0.3) is 0 Å². The lowest BCUT2D eigenvalue weighted by Crippen LogP contribution is -2.44. The first-order valence-electron chi connectivity index (χ1n) is 9.12. The monoisotopic (exact) mass is 434 g/mol. The SMILES string of the molecule is COc1ccc([C@H]2Sc3ccccc3N(CCN(C)C)C(=O)[C@H]2OC(=O)Cl)cc1. The highest BCUT2D eigenvalue weighted by atomic mass is 35.5. The number of nitrogens with zero attached hydrogens (tertiary/aromatic N) is 2. The van der Waals surface area contributed by atoms with Crippen LogP contribution in [0.2, 0.25) is 0 Å². The lowest BCUT2D eigenvalue weighted by Gasteiger charge is -2.28. The predicted molar refractivity (Wildman–Crippen MR) is 115 cm³/mol. The summed E-state index contributed by atoms with van der Waals surface area (Å²) in [6, 6.07) is 15.1. The van der Waals surface area contributed by atoms with Gasteiger partial charge in [0.05, 0.1) is 18.0 Å². The molecule has 2 aromatic rings. The molecule has 154 valence electrons. The number of rotatable bonds is 6. The van der Waals surface area contributed by atoms with Gasteiger partial charge in [0.15, 0.2) is 6.10 Å². The molecule has 6 nitrogen and oxygen atoms in total. The van der Waals surface area contributed by atoms with Gasteiger partial charge in [0.2, 0.25) is 0 Å². The molecule has 0 saturated heterocycles. The third-order valence-electron chi connectivity index (χ3n) is 4.63. The summed E-state index contributed by atoms with van der Waals surface area (Å²) in [6.07, 6.45) is -1.05. The number of thioether (sulfide) groups is 1. The van der Waals surface area contributed by atoms with Crippen molar-refractivity contribution in [1.29, 1.82) is 0 Å². The smallest absolute Gasteiger partial charge is 0.404 e. The maximum absolute atomic E-state index is 13.5. The van der Waals surface area contributed by atoms with Crippen LogP contribution in [0.3, 0.4) is 0 Å². The molecule has 2 atom stereocenters. The van der Waals surface area contributed by atoms with Crippen LogP contribution in [-0.4, -0.2) is 56.6 Å². The fraction of sp³-hybridized carbons (Fsp3) is 0.333. The highest BCUT2D eigenvalue weighted by Gasteiger charge is 2.41. The number of amides is 1. The molecule has 0 bridgehead atoms. The molecule has 29 heavy (non-hydrogen) atoms.